The molecule has 1 aromatic rings. The highest BCUT2D eigenvalue weighted by Crippen LogP contribution is 2.34. The lowest BCUT2D eigenvalue weighted by atomic mass is 9.75. The molecular weight excluding hydrogens is 250 g/mol. The molecule has 0 bridgehead atoms. The van der Waals surface area contributed by atoms with Gasteiger partial charge in [-0.2, -0.15) is 0 Å². The summed E-state index contributed by atoms with van der Waals surface area (Å²) in [4.78, 5) is 11.4. The molecule has 1 aliphatic heterocycles. The molecule has 5 heteroatoms. The van der Waals surface area contributed by atoms with E-state index in [0.29, 0.717) is 11.2 Å². The van der Waals surface area contributed by atoms with Crippen LogP contribution in [0.1, 0.15) is 45.1 Å². The van der Waals surface area contributed by atoms with Crippen LogP contribution in [-0.4, -0.2) is 28.0 Å². The zero-order chi connectivity index (χ0) is 14.8. The number of nitrogens with one attached hydrogen (secondary N) is 1. The fourth-order valence-corrected chi connectivity index (χ4v) is 2.93. The van der Waals surface area contributed by atoms with E-state index in [1.165, 1.54) is 12.8 Å². The molecule has 0 saturated carbocycles. The second kappa shape index (κ2) is 6.06. The molecule has 3 N–H and O–H groups in total. The topological polar surface area (TPSA) is 67.1 Å². The van der Waals surface area contributed by atoms with Crippen molar-refractivity contribution in [2.45, 2.75) is 47.1 Å². The van der Waals surface area contributed by atoms with E-state index >= 15 is 0 Å². The van der Waals surface area contributed by atoms with Gasteiger partial charge in [-0.3, -0.25) is 4.90 Å². The third-order valence-corrected chi connectivity index (χ3v) is 4.23. The molecule has 0 aliphatic carbocycles. The second-order valence-electron chi connectivity index (χ2n) is 6.87. The van der Waals surface area contributed by atoms with Gasteiger partial charge in [-0.1, -0.05) is 20.8 Å². The number of aryl methyl sites for hydroxylation is 1. The first-order chi connectivity index (χ1) is 9.38. The second-order valence-corrected chi connectivity index (χ2v) is 6.87. The summed E-state index contributed by atoms with van der Waals surface area (Å²) in [5.74, 6) is 7.80. The van der Waals surface area contributed by atoms with Crippen LogP contribution >= 0.6 is 0 Å². The van der Waals surface area contributed by atoms with Crippen LogP contribution in [0.15, 0.2) is 6.07 Å². The molecule has 112 valence electrons. The molecule has 0 atom stereocenters. The van der Waals surface area contributed by atoms with Gasteiger partial charge in [-0.05, 0) is 44.2 Å². The van der Waals surface area contributed by atoms with Crippen molar-refractivity contribution in [3.05, 3.63) is 17.6 Å². The maximum absolute atomic E-state index is 5.43. The third kappa shape index (κ3) is 3.90. The van der Waals surface area contributed by atoms with Gasteiger partial charge >= 0.3 is 0 Å². The Labute approximate surface area is 121 Å². The Bertz CT molecular complexity index is 444. The van der Waals surface area contributed by atoms with Gasteiger partial charge < -0.3 is 5.43 Å². The fourth-order valence-electron chi connectivity index (χ4n) is 2.93. The van der Waals surface area contributed by atoms with Crippen LogP contribution in [0.4, 0.5) is 5.82 Å². The molecule has 1 fully saturated rings. The van der Waals surface area contributed by atoms with Gasteiger partial charge in [-0.25, -0.2) is 15.8 Å². The molecule has 1 saturated heterocycles. The van der Waals surface area contributed by atoms with E-state index in [0.717, 1.165) is 37.1 Å². The summed E-state index contributed by atoms with van der Waals surface area (Å²) in [5.41, 5.74) is 3.97. The minimum Gasteiger partial charge on any atom is -0.308 e. The van der Waals surface area contributed by atoms with Gasteiger partial charge in [0.1, 0.15) is 11.6 Å². The van der Waals surface area contributed by atoms with Crippen molar-refractivity contribution in [1.29, 1.82) is 0 Å². The molecule has 1 aliphatic rings. The van der Waals surface area contributed by atoms with E-state index in [4.69, 9.17) is 5.84 Å². The Hall–Kier alpha value is -1.20. The molecule has 5 nitrogen and oxygen atoms in total. The van der Waals surface area contributed by atoms with Gasteiger partial charge in [0.15, 0.2) is 0 Å². The Balaban J connectivity index is 1.94. The summed E-state index contributed by atoms with van der Waals surface area (Å²) < 4.78 is 0. The van der Waals surface area contributed by atoms with Crippen molar-refractivity contribution in [3.63, 3.8) is 0 Å². The van der Waals surface area contributed by atoms with Crippen LogP contribution in [0.25, 0.3) is 0 Å². The minimum atomic E-state index is 0.419. The van der Waals surface area contributed by atoms with Crippen LogP contribution < -0.4 is 11.3 Å². The predicted molar refractivity (Wildman–Crippen MR) is 82.0 cm³/mol. The average molecular weight is 277 g/mol. The molecule has 1 aromatic heterocycles. The molecule has 0 spiro atoms. The average Bonchev–Trinajstić information content (AvgIpc) is 2.37. The van der Waals surface area contributed by atoms with Crippen LogP contribution in [-0.2, 0) is 6.54 Å². The SMILES string of the molecule is Cc1cc(NN)nc(CN2CCC(C(C)(C)C)CC2)n1. The smallest absolute Gasteiger partial charge is 0.145 e. The maximum Gasteiger partial charge on any atom is 0.145 e. The number of nitrogen functional groups attached to an aromatic ring is 1. The number of anilines is 1. The molecule has 0 aromatic carbocycles. The highest BCUT2D eigenvalue weighted by molar-refractivity contribution is 5.33. The largest absolute Gasteiger partial charge is 0.308 e. The van der Waals surface area contributed by atoms with Gasteiger partial charge in [0, 0.05) is 11.8 Å². The van der Waals surface area contributed by atoms with Crippen molar-refractivity contribution in [2.24, 2.45) is 17.2 Å². The highest BCUT2D eigenvalue weighted by atomic mass is 15.3. The zero-order valence-electron chi connectivity index (χ0n) is 13.1. The van der Waals surface area contributed by atoms with E-state index in [1.807, 2.05) is 13.0 Å². The van der Waals surface area contributed by atoms with Crippen molar-refractivity contribution in [3.8, 4) is 0 Å². The fraction of sp³-hybridized carbons (Fsp3) is 0.733. The first kappa shape index (κ1) is 15.2. The van der Waals surface area contributed by atoms with Gasteiger partial charge in [0.05, 0.1) is 6.54 Å². The summed E-state index contributed by atoms with van der Waals surface area (Å²) in [5, 5.41) is 0. The van der Waals surface area contributed by atoms with E-state index < -0.39 is 0 Å². The lowest BCUT2D eigenvalue weighted by molar-refractivity contribution is 0.106. The third-order valence-electron chi connectivity index (χ3n) is 4.23. The Morgan fingerprint density at radius 2 is 1.95 bits per heavy atom. The monoisotopic (exact) mass is 277 g/mol. The first-order valence-electron chi connectivity index (χ1n) is 7.42. The molecule has 20 heavy (non-hydrogen) atoms. The Morgan fingerprint density at radius 3 is 2.50 bits per heavy atom. The van der Waals surface area contributed by atoms with E-state index in [9.17, 15) is 0 Å². The Kier molecular flexibility index (Phi) is 4.60. The predicted octanol–water partition coefficient (Wildman–Crippen LogP) is 2.33. The number of hydrogen-bond acceptors (Lipinski definition) is 5. The zero-order valence-corrected chi connectivity index (χ0v) is 13.1. The van der Waals surface area contributed by atoms with E-state index in [-0.39, 0.29) is 0 Å². The standard InChI is InChI=1S/C15H27N5/c1-11-9-13(19-16)18-14(17-11)10-20-7-5-12(6-8-20)15(2,3)4/h9,12H,5-8,10,16H2,1-4H3,(H,17,18,19). The van der Waals surface area contributed by atoms with Crippen LogP contribution in [0, 0.1) is 18.3 Å². The number of likely N-dealkylation sites (tertiary alicyclic amines) is 1. The minimum absolute atomic E-state index is 0.419. The number of nitrogens with two attached hydrogens (primary N) is 1. The lowest BCUT2D eigenvalue weighted by Crippen LogP contribution is -2.38. The molecule has 2 rings (SSSR count). The maximum atomic E-state index is 5.43. The number of nitrogens with zero attached hydrogens (tertiary/aromatic N) is 3. The van der Waals surface area contributed by atoms with Crippen molar-refractivity contribution in [1.82, 2.24) is 14.9 Å². The molecule has 0 radical (unpaired) electrons. The first-order valence-corrected chi connectivity index (χ1v) is 7.42. The number of aromatic nitrogens is 2. The Morgan fingerprint density at radius 1 is 1.30 bits per heavy atom. The van der Waals surface area contributed by atoms with Crippen LogP contribution in [0.2, 0.25) is 0 Å². The number of hydrogen-bond donors (Lipinski definition) is 2. The van der Waals surface area contributed by atoms with Crippen LogP contribution in [0.5, 0.6) is 0 Å². The van der Waals surface area contributed by atoms with Crippen molar-refractivity contribution in [2.75, 3.05) is 18.5 Å². The molecule has 2 heterocycles. The van der Waals surface area contributed by atoms with Gasteiger partial charge in [0.2, 0.25) is 0 Å². The van der Waals surface area contributed by atoms with Gasteiger partial charge in [-0.15, -0.1) is 0 Å². The molecule has 0 unspecified atom stereocenters. The van der Waals surface area contributed by atoms with Crippen molar-refractivity contribution < 1.29 is 0 Å². The van der Waals surface area contributed by atoms with E-state index in [2.05, 4.69) is 41.1 Å². The molecular formula is C15H27N5. The lowest BCUT2D eigenvalue weighted by Gasteiger charge is -2.38. The summed E-state index contributed by atoms with van der Waals surface area (Å²) in [6.45, 7) is 12.1. The van der Waals surface area contributed by atoms with Gasteiger partial charge in [0.25, 0.3) is 0 Å². The summed E-state index contributed by atoms with van der Waals surface area (Å²) >= 11 is 0. The van der Waals surface area contributed by atoms with E-state index in [1.54, 1.807) is 0 Å². The van der Waals surface area contributed by atoms with Crippen molar-refractivity contribution >= 4 is 5.82 Å². The summed E-state index contributed by atoms with van der Waals surface area (Å²) in [6.07, 6.45) is 2.52. The number of hydrazine groups is 1. The highest BCUT2D eigenvalue weighted by Gasteiger charge is 2.28. The number of rotatable bonds is 3. The quantitative estimate of drug-likeness (QED) is 0.655. The summed E-state index contributed by atoms with van der Waals surface area (Å²) in [6, 6.07) is 1.86. The summed E-state index contributed by atoms with van der Waals surface area (Å²) in [7, 11) is 0. The van der Waals surface area contributed by atoms with Crippen LogP contribution in [0.3, 0.4) is 0 Å². The number of piperidine rings is 1. The molecule has 0 amide bonds. The normalized spacial score (nSPS) is 18.2.